The van der Waals surface area contributed by atoms with Gasteiger partial charge in [-0.15, -0.1) is 10.2 Å². The summed E-state index contributed by atoms with van der Waals surface area (Å²) in [7, 11) is 0. The van der Waals surface area contributed by atoms with Crippen LogP contribution in [0, 0.1) is 0 Å². The number of halogens is 3. The molecular weight excluding hydrogens is 549 g/mol. The molecule has 2 N–H and O–H groups in total. The van der Waals surface area contributed by atoms with E-state index in [1.807, 2.05) is 12.2 Å². The number of carbonyl (C=O) groups is 1. The van der Waals surface area contributed by atoms with E-state index in [0.717, 1.165) is 0 Å². The second-order valence-electron chi connectivity index (χ2n) is 6.71. The molecule has 0 spiro atoms. The number of hydrogen-bond acceptors (Lipinski definition) is 7. The van der Waals surface area contributed by atoms with E-state index in [1.54, 1.807) is 54.6 Å². The number of hydrogen-bond donors (Lipinski definition) is 2. The van der Waals surface area contributed by atoms with E-state index in [1.165, 1.54) is 6.92 Å². The molecule has 0 aliphatic rings. The molecule has 1 radical (unpaired) electrons. The first-order chi connectivity index (χ1) is 16.1. The van der Waals surface area contributed by atoms with Crippen LogP contribution in [0.2, 0.25) is 0 Å². The minimum Gasteiger partial charge on any atom is -0.741 e. The summed E-state index contributed by atoms with van der Waals surface area (Å²) in [5.41, 5.74) is 1.99. The largest absolute Gasteiger partial charge is 2.00 e. The number of nitrogens with zero attached hydrogens (tertiary/aromatic N) is 4. The molecule has 2 rings (SSSR count). The van der Waals surface area contributed by atoms with Crippen LogP contribution in [0.5, 0.6) is 0 Å². The first-order valence-corrected chi connectivity index (χ1v) is 10.8. The summed E-state index contributed by atoms with van der Waals surface area (Å²) in [6, 6.07) is 15.3. The molecule has 0 fully saturated rings. The standard InChI is InChI=1S/C22H23F3N6OS2.Cu/c1-3-26-20(33)30-29-19(17-11-9-15(10-12-17)14(2)32)18(16-7-5-4-6-8-16)28-31-21(34)27-13-22(23,24)25;/h4-12H,3,13H2,1-2H3,(H2,26,30,33)(H2,27,31,34);/q;+2/p-2. The number of alkyl halides is 3. The molecule has 7 nitrogen and oxygen atoms in total. The minimum atomic E-state index is -4.46. The minimum absolute atomic E-state index is 0. The Kier molecular flexibility index (Phi) is 12.5. The van der Waals surface area contributed by atoms with Crippen molar-refractivity contribution in [3.8, 4) is 0 Å². The number of rotatable bonds is 8. The smallest absolute Gasteiger partial charge is 0.741 e. The number of amidine groups is 2. The topological polar surface area (TPSA) is 90.6 Å². The molecule has 0 aliphatic heterocycles. The number of benzene rings is 2. The number of Topliss-reactive ketones (excluding diaryl/α,β-unsaturated/α-hetero) is 1. The third-order valence-electron chi connectivity index (χ3n) is 4.09. The Bertz CT molecular complexity index is 1100. The van der Waals surface area contributed by atoms with Crippen molar-refractivity contribution in [2.24, 2.45) is 20.4 Å². The maximum absolute atomic E-state index is 12.5. The summed E-state index contributed by atoms with van der Waals surface area (Å²) in [6.45, 7) is 2.48. The van der Waals surface area contributed by atoms with Gasteiger partial charge in [-0.25, -0.2) is 0 Å². The Labute approximate surface area is 222 Å². The van der Waals surface area contributed by atoms with Gasteiger partial charge in [-0.05, 0) is 24.2 Å². The first-order valence-electron chi connectivity index (χ1n) is 9.97. The van der Waals surface area contributed by atoms with Gasteiger partial charge in [0.05, 0.1) is 0 Å². The zero-order valence-corrected chi connectivity index (χ0v) is 21.1. The first kappa shape index (κ1) is 30.2. The second kappa shape index (κ2) is 14.5. The van der Waals surface area contributed by atoms with Crippen molar-refractivity contribution in [3.63, 3.8) is 0 Å². The van der Waals surface area contributed by atoms with Crippen LogP contribution in [0.3, 0.4) is 0 Å². The van der Waals surface area contributed by atoms with E-state index >= 15 is 0 Å². The fourth-order valence-electron chi connectivity index (χ4n) is 2.53. The average Bonchev–Trinajstić information content (AvgIpc) is 2.80. The zero-order valence-electron chi connectivity index (χ0n) is 18.6. The van der Waals surface area contributed by atoms with Crippen molar-refractivity contribution in [2.45, 2.75) is 20.0 Å². The van der Waals surface area contributed by atoms with Gasteiger partial charge in [-0.1, -0.05) is 54.6 Å². The summed E-state index contributed by atoms with van der Waals surface area (Å²) >= 11 is 9.99. The van der Waals surface area contributed by atoms with Crippen LogP contribution >= 0.6 is 0 Å². The van der Waals surface area contributed by atoms with Gasteiger partial charge < -0.3 is 35.9 Å². The Morgan fingerprint density at radius 3 is 1.71 bits per heavy atom. The Hall–Kier alpha value is -2.86. The van der Waals surface area contributed by atoms with Crippen LogP contribution in [-0.4, -0.2) is 46.8 Å². The molecule has 0 amide bonds. The quantitative estimate of drug-likeness (QED) is 0.127. The van der Waals surface area contributed by atoms with Gasteiger partial charge in [0.1, 0.15) is 18.0 Å². The number of nitrogens with one attached hydrogen (secondary N) is 2. The van der Waals surface area contributed by atoms with Gasteiger partial charge >= 0.3 is 23.2 Å². The van der Waals surface area contributed by atoms with Gasteiger partial charge in [0.15, 0.2) is 5.78 Å². The predicted molar refractivity (Wildman–Crippen MR) is 133 cm³/mol. The molecule has 0 aromatic heterocycles. The molecular formula is C22H21CuF3N6OS2. The van der Waals surface area contributed by atoms with Gasteiger partial charge in [0.2, 0.25) is 0 Å². The van der Waals surface area contributed by atoms with E-state index < -0.39 is 17.9 Å². The third-order valence-corrected chi connectivity index (χ3v) is 4.54. The van der Waals surface area contributed by atoms with Gasteiger partial charge in [0, 0.05) is 23.2 Å². The second-order valence-corrected chi connectivity index (χ2v) is 7.48. The predicted octanol–water partition coefficient (Wildman–Crippen LogP) is 3.56. The van der Waals surface area contributed by atoms with Gasteiger partial charge in [-0.3, -0.25) is 4.79 Å². The molecule has 0 saturated heterocycles. The maximum atomic E-state index is 12.5. The van der Waals surface area contributed by atoms with Crippen LogP contribution in [0.25, 0.3) is 0 Å². The molecule has 0 heterocycles. The molecule has 189 valence electrons. The van der Waals surface area contributed by atoms with Crippen LogP contribution in [0.15, 0.2) is 75.0 Å². The van der Waals surface area contributed by atoms with Crippen LogP contribution in [0.4, 0.5) is 13.2 Å². The van der Waals surface area contributed by atoms with Gasteiger partial charge in [0.25, 0.3) is 0 Å². The van der Waals surface area contributed by atoms with Crippen molar-refractivity contribution in [1.82, 2.24) is 10.6 Å². The fraction of sp³-hybridized carbons (Fsp3) is 0.227. The van der Waals surface area contributed by atoms with Crippen LogP contribution in [-0.2, 0) is 42.3 Å². The maximum Gasteiger partial charge on any atom is 2.00 e. The normalized spacial score (nSPS) is 13.2. The van der Waals surface area contributed by atoms with Crippen molar-refractivity contribution in [2.75, 3.05) is 13.1 Å². The van der Waals surface area contributed by atoms with Gasteiger partial charge in [-0.2, -0.15) is 23.4 Å². The summed E-state index contributed by atoms with van der Waals surface area (Å²) in [4.78, 5) is 11.7. The van der Waals surface area contributed by atoms with Crippen LogP contribution < -0.4 is 10.6 Å². The van der Waals surface area contributed by atoms with E-state index in [2.05, 4.69) is 25.7 Å². The van der Waals surface area contributed by atoms with Crippen LogP contribution in [0.1, 0.15) is 35.3 Å². The molecule has 0 aliphatic carbocycles. The molecule has 0 saturated carbocycles. The van der Waals surface area contributed by atoms with Crippen molar-refractivity contribution < 1.29 is 35.0 Å². The summed E-state index contributed by atoms with van der Waals surface area (Å²) in [5, 5.41) is 20.6. The average molecular weight is 570 g/mol. The summed E-state index contributed by atoms with van der Waals surface area (Å²) < 4.78 is 37.5. The van der Waals surface area contributed by atoms with E-state index in [4.69, 9.17) is 25.3 Å². The van der Waals surface area contributed by atoms with Crippen molar-refractivity contribution >= 4 is 52.8 Å². The fourth-order valence-corrected chi connectivity index (χ4v) is 2.83. The van der Waals surface area contributed by atoms with E-state index in [0.29, 0.717) is 23.2 Å². The molecule has 2 aromatic carbocycles. The molecule has 0 unspecified atom stereocenters. The Morgan fingerprint density at radius 2 is 1.26 bits per heavy atom. The molecule has 0 atom stereocenters. The van der Waals surface area contributed by atoms with Crippen molar-refractivity contribution in [1.29, 1.82) is 0 Å². The summed E-state index contributed by atoms with van der Waals surface area (Å²) in [5.74, 6) is -0.115. The van der Waals surface area contributed by atoms with E-state index in [-0.39, 0.29) is 39.4 Å². The third kappa shape index (κ3) is 10.5. The molecule has 35 heavy (non-hydrogen) atoms. The Morgan fingerprint density at radius 1 is 0.800 bits per heavy atom. The van der Waals surface area contributed by atoms with E-state index in [9.17, 15) is 18.0 Å². The SMILES string of the molecule is CCNC([S-])=NN=C(C(=NN=C([S-])NCC(F)(F)F)c1ccccc1)c1ccc(C(C)=O)cc1.[Cu+2]. The monoisotopic (exact) mass is 569 g/mol. The molecule has 2 aromatic rings. The molecule has 0 bridgehead atoms. The van der Waals surface area contributed by atoms with Crippen molar-refractivity contribution in [3.05, 3.63) is 71.3 Å². The zero-order chi connectivity index (χ0) is 25.1. The molecule has 13 heteroatoms. The number of ketones is 1. The summed E-state index contributed by atoms with van der Waals surface area (Å²) in [6.07, 6.45) is -4.46. The Balaban J connectivity index is 0.00000612. The number of carbonyl (C=O) groups excluding carboxylic acids is 1.